The molecule has 1 atom stereocenters. The van der Waals surface area contributed by atoms with E-state index in [1.54, 1.807) is 17.0 Å². The summed E-state index contributed by atoms with van der Waals surface area (Å²) >= 11 is 0. The van der Waals surface area contributed by atoms with Crippen molar-refractivity contribution in [3.05, 3.63) is 24.2 Å². The summed E-state index contributed by atoms with van der Waals surface area (Å²) in [7, 11) is 0. The van der Waals surface area contributed by atoms with Crippen molar-refractivity contribution in [3.8, 4) is 0 Å². The van der Waals surface area contributed by atoms with E-state index in [1.807, 2.05) is 13.8 Å². The molecule has 0 radical (unpaired) electrons. The van der Waals surface area contributed by atoms with Gasteiger partial charge in [-0.2, -0.15) is 0 Å². The number of aliphatic hydroxyl groups excluding tert-OH is 1. The molecule has 1 aromatic heterocycles. The number of nitrogens with zero attached hydrogens (tertiary/aromatic N) is 1. The first-order valence-corrected chi connectivity index (χ1v) is 8.25. The van der Waals surface area contributed by atoms with Crippen LogP contribution in [0, 0.1) is 11.8 Å². The molecule has 2 amide bonds. The first kappa shape index (κ1) is 17.5. The van der Waals surface area contributed by atoms with E-state index >= 15 is 0 Å². The van der Waals surface area contributed by atoms with Gasteiger partial charge in [-0.3, -0.25) is 9.59 Å². The van der Waals surface area contributed by atoms with E-state index in [2.05, 4.69) is 5.32 Å². The van der Waals surface area contributed by atoms with E-state index in [1.165, 1.54) is 6.26 Å². The van der Waals surface area contributed by atoms with Gasteiger partial charge in [0.15, 0.2) is 5.76 Å². The van der Waals surface area contributed by atoms with Crippen LogP contribution in [0.4, 0.5) is 0 Å². The van der Waals surface area contributed by atoms with Gasteiger partial charge in [0.05, 0.1) is 6.26 Å². The van der Waals surface area contributed by atoms with Crippen LogP contribution < -0.4 is 5.32 Å². The van der Waals surface area contributed by atoms with Crippen molar-refractivity contribution < 1.29 is 19.1 Å². The number of nitrogens with one attached hydrogen (secondary N) is 1. The van der Waals surface area contributed by atoms with Crippen LogP contribution in [0.1, 0.15) is 43.7 Å². The van der Waals surface area contributed by atoms with E-state index in [4.69, 9.17) is 4.42 Å². The Morgan fingerprint density at radius 1 is 1.39 bits per heavy atom. The lowest BCUT2D eigenvalue weighted by atomic mass is 9.96. The number of furan rings is 1. The maximum absolute atomic E-state index is 12.8. The summed E-state index contributed by atoms with van der Waals surface area (Å²) in [5.74, 6) is 0.371. The highest BCUT2D eigenvalue weighted by molar-refractivity contribution is 5.95. The fourth-order valence-electron chi connectivity index (χ4n) is 2.89. The van der Waals surface area contributed by atoms with Crippen LogP contribution in [0.25, 0.3) is 0 Å². The maximum atomic E-state index is 12.8. The lowest BCUT2D eigenvalue weighted by molar-refractivity contribution is -0.135. The van der Waals surface area contributed by atoms with Gasteiger partial charge in [0.25, 0.3) is 5.91 Å². The molecule has 0 bridgehead atoms. The summed E-state index contributed by atoms with van der Waals surface area (Å²) in [5, 5.41) is 12.0. The average Bonchev–Trinajstić information content (AvgIpc) is 3.07. The first-order chi connectivity index (χ1) is 11.0. The van der Waals surface area contributed by atoms with Crippen LogP contribution in [0.5, 0.6) is 0 Å². The van der Waals surface area contributed by atoms with Crippen LogP contribution in [-0.4, -0.2) is 47.6 Å². The molecule has 0 aliphatic carbocycles. The highest BCUT2D eigenvalue weighted by Gasteiger charge is 2.30. The molecule has 23 heavy (non-hydrogen) atoms. The third-order valence-electron chi connectivity index (χ3n) is 4.24. The Balaban J connectivity index is 1.99. The Bertz CT molecular complexity index is 505. The molecule has 128 valence electrons. The molecule has 2 rings (SSSR count). The van der Waals surface area contributed by atoms with Crippen molar-refractivity contribution in [2.45, 2.75) is 39.2 Å². The molecule has 0 aromatic carbocycles. The standard InChI is InChI=1S/C17H26N2O4/c1-12(2)10-14(18-16(21)15-4-3-9-23-15)17(22)19-7-5-13(11-20)6-8-19/h3-4,9,12-14,20H,5-8,10-11H2,1-2H3,(H,18,21). The predicted octanol–water partition coefficient (Wildman–Crippen LogP) is 1.65. The summed E-state index contributed by atoms with van der Waals surface area (Å²) in [6.07, 6.45) is 3.64. The Kier molecular flexibility index (Phi) is 6.21. The number of piperidine rings is 1. The van der Waals surface area contributed by atoms with Gasteiger partial charge in [-0.25, -0.2) is 0 Å². The number of likely N-dealkylation sites (tertiary alicyclic amines) is 1. The predicted molar refractivity (Wildman–Crippen MR) is 85.8 cm³/mol. The maximum Gasteiger partial charge on any atom is 0.287 e. The van der Waals surface area contributed by atoms with Gasteiger partial charge in [0.2, 0.25) is 5.91 Å². The smallest absolute Gasteiger partial charge is 0.287 e. The number of rotatable bonds is 6. The summed E-state index contributed by atoms with van der Waals surface area (Å²) in [4.78, 5) is 26.7. The van der Waals surface area contributed by atoms with E-state index in [9.17, 15) is 14.7 Å². The minimum absolute atomic E-state index is 0.0463. The monoisotopic (exact) mass is 322 g/mol. The third-order valence-corrected chi connectivity index (χ3v) is 4.24. The van der Waals surface area contributed by atoms with Crippen LogP contribution in [-0.2, 0) is 4.79 Å². The average molecular weight is 322 g/mol. The second-order valence-corrected chi connectivity index (χ2v) is 6.58. The lowest BCUT2D eigenvalue weighted by Gasteiger charge is -2.34. The van der Waals surface area contributed by atoms with Crippen LogP contribution in [0.15, 0.2) is 22.8 Å². The van der Waals surface area contributed by atoms with Crippen LogP contribution in [0.2, 0.25) is 0 Å². The Morgan fingerprint density at radius 3 is 2.61 bits per heavy atom. The third kappa shape index (κ3) is 4.82. The molecule has 1 saturated heterocycles. The Labute approximate surface area is 136 Å². The van der Waals surface area contributed by atoms with E-state index in [0.29, 0.717) is 19.5 Å². The zero-order valence-corrected chi connectivity index (χ0v) is 13.8. The Hall–Kier alpha value is -1.82. The van der Waals surface area contributed by atoms with Crippen molar-refractivity contribution >= 4 is 11.8 Å². The van der Waals surface area contributed by atoms with Crippen LogP contribution in [0.3, 0.4) is 0 Å². The van der Waals surface area contributed by atoms with Gasteiger partial charge in [0.1, 0.15) is 6.04 Å². The summed E-state index contributed by atoms with van der Waals surface area (Å²) < 4.78 is 5.09. The first-order valence-electron chi connectivity index (χ1n) is 8.25. The molecule has 6 nitrogen and oxygen atoms in total. The zero-order valence-electron chi connectivity index (χ0n) is 13.8. The van der Waals surface area contributed by atoms with Gasteiger partial charge in [-0.05, 0) is 43.2 Å². The molecular formula is C17H26N2O4. The molecule has 0 saturated carbocycles. The number of amides is 2. The minimum Gasteiger partial charge on any atom is -0.459 e. The summed E-state index contributed by atoms with van der Waals surface area (Å²) in [6.45, 7) is 5.49. The number of hydrogen-bond acceptors (Lipinski definition) is 4. The van der Waals surface area contributed by atoms with E-state index in [-0.39, 0.29) is 36.0 Å². The van der Waals surface area contributed by atoms with Gasteiger partial charge in [-0.1, -0.05) is 13.8 Å². The fourth-order valence-corrected chi connectivity index (χ4v) is 2.89. The SMILES string of the molecule is CC(C)CC(NC(=O)c1ccco1)C(=O)N1CCC(CO)CC1. The van der Waals surface area contributed by atoms with Crippen LogP contribution >= 0.6 is 0 Å². The molecular weight excluding hydrogens is 296 g/mol. The topological polar surface area (TPSA) is 82.8 Å². The number of aliphatic hydroxyl groups is 1. The summed E-state index contributed by atoms with van der Waals surface area (Å²) in [6, 6.07) is 2.69. The summed E-state index contributed by atoms with van der Waals surface area (Å²) in [5.41, 5.74) is 0. The van der Waals surface area contributed by atoms with Gasteiger partial charge in [0, 0.05) is 19.7 Å². The largest absolute Gasteiger partial charge is 0.459 e. The number of carbonyl (C=O) groups excluding carboxylic acids is 2. The van der Waals surface area contributed by atoms with Gasteiger partial charge in [-0.15, -0.1) is 0 Å². The van der Waals surface area contributed by atoms with Gasteiger partial charge < -0.3 is 19.7 Å². The number of carbonyl (C=O) groups is 2. The molecule has 1 aromatic rings. The highest BCUT2D eigenvalue weighted by atomic mass is 16.3. The molecule has 0 spiro atoms. The highest BCUT2D eigenvalue weighted by Crippen LogP contribution is 2.18. The Morgan fingerprint density at radius 2 is 2.09 bits per heavy atom. The quantitative estimate of drug-likeness (QED) is 0.834. The minimum atomic E-state index is -0.543. The molecule has 1 aliphatic rings. The molecule has 1 unspecified atom stereocenters. The molecule has 6 heteroatoms. The zero-order chi connectivity index (χ0) is 16.8. The van der Waals surface area contributed by atoms with Crippen molar-refractivity contribution in [2.75, 3.05) is 19.7 Å². The van der Waals surface area contributed by atoms with Crippen molar-refractivity contribution in [1.29, 1.82) is 0 Å². The van der Waals surface area contributed by atoms with Crippen molar-refractivity contribution in [3.63, 3.8) is 0 Å². The van der Waals surface area contributed by atoms with E-state index < -0.39 is 6.04 Å². The van der Waals surface area contributed by atoms with Crippen molar-refractivity contribution in [2.24, 2.45) is 11.8 Å². The number of hydrogen-bond donors (Lipinski definition) is 2. The van der Waals surface area contributed by atoms with Crippen molar-refractivity contribution in [1.82, 2.24) is 10.2 Å². The molecule has 2 heterocycles. The second kappa shape index (κ2) is 8.15. The molecule has 1 fully saturated rings. The van der Waals surface area contributed by atoms with E-state index in [0.717, 1.165) is 12.8 Å². The lowest BCUT2D eigenvalue weighted by Crippen LogP contribution is -2.51. The van der Waals surface area contributed by atoms with Gasteiger partial charge >= 0.3 is 0 Å². The molecule has 1 aliphatic heterocycles. The normalized spacial score (nSPS) is 17.3. The molecule has 2 N–H and O–H groups in total. The second-order valence-electron chi connectivity index (χ2n) is 6.58. The fraction of sp³-hybridized carbons (Fsp3) is 0.647.